The SMILES string of the molecule is CCc1nc(C)cc(-c2cccc([C@@H](C)N3CCCC3)c2)n1. The lowest BCUT2D eigenvalue weighted by atomic mass is 10.0. The van der Waals surface area contributed by atoms with Crippen molar-refractivity contribution >= 4 is 0 Å². The van der Waals surface area contributed by atoms with Crippen LogP contribution in [0, 0.1) is 6.92 Å². The van der Waals surface area contributed by atoms with Crippen LogP contribution in [0.5, 0.6) is 0 Å². The molecular weight excluding hydrogens is 270 g/mol. The van der Waals surface area contributed by atoms with Crippen LogP contribution in [0.15, 0.2) is 30.3 Å². The standard InChI is InChI=1S/C19H25N3/c1-4-19-20-14(2)12-18(21-19)17-9-7-8-16(13-17)15(3)22-10-5-6-11-22/h7-9,12-13,15H,4-6,10-11H2,1-3H3/t15-/m1/s1. The van der Waals surface area contributed by atoms with E-state index < -0.39 is 0 Å². The zero-order valence-electron chi connectivity index (χ0n) is 13.8. The number of aromatic nitrogens is 2. The zero-order chi connectivity index (χ0) is 15.5. The van der Waals surface area contributed by atoms with Gasteiger partial charge in [0.1, 0.15) is 5.82 Å². The topological polar surface area (TPSA) is 29.0 Å². The van der Waals surface area contributed by atoms with Gasteiger partial charge in [-0.05, 0) is 57.5 Å². The summed E-state index contributed by atoms with van der Waals surface area (Å²) in [7, 11) is 0. The van der Waals surface area contributed by atoms with Crippen LogP contribution in [0.3, 0.4) is 0 Å². The summed E-state index contributed by atoms with van der Waals surface area (Å²) >= 11 is 0. The molecule has 0 bridgehead atoms. The van der Waals surface area contributed by atoms with E-state index in [1.54, 1.807) is 0 Å². The molecule has 1 atom stereocenters. The maximum Gasteiger partial charge on any atom is 0.128 e. The molecule has 22 heavy (non-hydrogen) atoms. The van der Waals surface area contributed by atoms with Gasteiger partial charge >= 0.3 is 0 Å². The number of likely N-dealkylation sites (tertiary alicyclic amines) is 1. The van der Waals surface area contributed by atoms with E-state index in [1.807, 2.05) is 6.92 Å². The third-order valence-corrected chi connectivity index (χ3v) is 4.57. The van der Waals surface area contributed by atoms with E-state index >= 15 is 0 Å². The van der Waals surface area contributed by atoms with Crippen molar-refractivity contribution < 1.29 is 0 Å². The van der Waals surface area contributed by atoms with Gasteiger partial charge in [0, 0.05) is 23.7 Å². The second-order valence-electron chi connectivity index (χ2n) is 6.21. The third-order valence-electron chi connectivity index (χ3n) is 4.57. The summed E-state index contributed by atoms with van der Waals surface area (Å²) < 4.78 is 0. The summed E-state index contributed by atoms with van der Waals surface area (Å²) in [5.41, 5.74) is 4.66. The molecule has 1 aromatic carbocycles. The Morgan fingerprint density at radius 2 is 1.91 bits per heavy atom. The van der Waals surface area contributed by atoms with Crippen LogP contribution < -0.4 is 0 Å². The fourth-order valence-corrected chi connectivity index (χ4v) is 3.23. The van der Waals surface area contributed by atoms with Crippen molar-refractivity contribution in [3.63, 3.8) is 0 Å². The van der Waals surface area contributed by atoms with Gasteiger partial charge in [0.2, 0.25) is 0 Å². The molecule has 0 saturated carbocycles. The maximum atomic E-state index is 4.70. The normalized spacial score (nSPS) is 16.9. The lowest BCUT2D eigenvalue weighted by Gasteiger charge is -2.24. The van der Waals surface area contributed by atoms with Crippen molar-refractivity contribution in [3.05, 3.63) is 47.4 Å². The van der Waals surface area contributed by atoms with Crippen molar-refractivity contribution in [2.45, 2.75) is 46.1 Å². The molecule has 2 aromatic rings. The Bertz CT molecular complexity index is 645. The van der Waals surface area contributed by atoms with E-state index in [4.69, 9.17) is 4.98 Å². The molecule has 0 spiro atoms. The van der Waals surface area contributed by atoms with Crippen molar-refractivity contribution in [1.29, 1.82) is 0 Å². The Balaban J connectivity index is 1.92. The highest BCUT2D eigenvalue weighted by molar-refractivity contribution is 5.60. The maximum absolute atomic E-state index is 4.70. The Morgan fingerprint density at radius 1 is 1.14 bits per heavy atom. The minimum atomic E-state index is 0.482. The second kappa shape index (κ2) is 6.57. The Hall–Kier alpha value is -1.74. The van der Waals surface area contributed by atoms with Gasteiger partial charge in [0.25, 0.3) is 0 Å². The van der Waals surface area contributed by atoms with E-state index in [-0.39, 0.29) is 0 Å². The molecule has 0 aliphatic carbocycles. The van der Waals surface area contributed by atoms with Gasteiger partial charge in [-0.2, -0.15) is 0 Å². The number of hydrogen-bond acceptors (Lipinski definition) is 3. The molecule has 1 saturated heterocycles. The minimum Gasteiger partial charge on any atom is -0.297 e. The monoisotopic (exact) mass is 295 g/mol. The van der Waals surface area contributed by atoms with Crippen molar-refractivity contribution in [3.8, 4) is 11.3 Å². The van der Waals surface area contributed by atoms with Gasteiger partial charge in [-0.1, -0.05) is 25.1 Å². The van der Waals surface area contributed by atoms with Gasteiger partial charge in [0.15, 0.2) is 0 Å². The number of hydrogen-bond donors (Lipinski definition) is 0. The fourth-order valence-electron chi connectivity index (χ4n) is 3.23. The van der Waals surface area contributed by atoms with Gasteiger partial charge < -0.3 is 0 Å². The van der Waals surface area contributed by atoms with Crippen LogP contribution in [0.25, 0.3) is 11.3 Å². The van der Waals surface area contributed by atoms with Crippen LogP contribution in [-0.2, 0) is 6.42 Å². The second-order valence-corrected chi connectivity index (χ2v) is 6.21. The molecule has 3 heteroatoms. The van der Waals surface area contributed by atoms with E-state index in [0.717, 1.165) is 23.6 Å². The van der Waals surface area contributed by atoms with Gasteiger partial charge in [0.05, 0.1) is 5.69 Å². The quantitative estimate of drug-likeness (QED) is 0.847. The van der Waals surface area contributed by atoms with Crippen molar-refractivity contribution in [1.82, 2.24) is 14.9 Å². The van der Waals surface area contributed by atoms with Crippen LogP contribution in [0.4, 0.5) is 0 Å². The number of aryl methyl sites for hydroxylation is 2. The molecule has 3 nitrogen and oxygen atoms in total. The van der Waals surface area contributed by atoms with E-state index in [0.29, 0.717) is 6.04 Å². The van der Waals surface area contributed by atoms with Crippen molar-refractivity contribution in [2.24, 2.45) is 0 Å². The molecule has 1 fully saturated rings. The minimum absolute atomic E-state index is 0.482. The van der Waals surface area contributed by atoms with Crippen LogP contribution in [0.1, 0.15) is 49.8 Å². The molecule has 3 rings (SSSR count). The first kappa shape index (κ1) is 15.2. The average Bonchev–Trinajstić information content (AvgIpc) is 3.08. The first-order chi connectivity index (χ1) is 10.7. The molecule has 1 aromatic heterocycles. The lowest BCUT2D eigenvalue weighted by Crippen LogP contribution is -2.23. The Kier molecular flexibility index (Phi) is 4.53. The highest BCUT2D eigenvalue weighted by Crippen LogP contribution is 2.28. The Labute approximate surface area is 133 Å². The number of benzene rings is 1. The third kappa shape index (κ3) is 3.20. The first-order valence-corrected chi connectivity index (χ1v) is 8.36. The fraction of sp³-hybridized carbons (Fsp3) is 0.474. The number of nitrogens with zero attached hydrogens (tertiary/aromatic N) is 3. The van der Waals surface area contributed by atoms with Crippen LogP contribution in [-0.4, -0.2) is 28.0 Å². The smallest absolute Gasteiger partial charge is 0.128 e. The predicted molar refractivity (Wildman–Crippen MR) is 90.8 cm³/mol. The van der Waals surface area contributed by atoms with E-state index in [2.05, 4.69) is 54.1 Å². The summed E-state index contributed by atoms with van der Waals surface area (Å²) in [6.45, 7) is 8.90. The number of rotatable bonds is 4. The zero-order valence-corrected chi connectivity index (χ0v) is 13.8. The molecule has 116 valence electrons. The van der Waals surface area contributed by atoms with Gasteiger partial charge in [-0.3, -0.25) is 4.90 Å². The average molecular weight is 295 g/mol. The summed E-state index contributed by atoms with van der Waals surface area (Å²) in [5, 5.41) is 0. The molecule has 0 amide bonds. The largest absolute Gasteiger partial charge is 0.297 e. The predicted octanol–water partition coefficient (Wildman–Crippen LogP) is 4.17. The summed E-state index contributed by atoms with van der Waals surface area (Å²) in [6.07, 6.45) is 3.53. The van der Waals surface area contributed by atoms with Crippen LogP contribution in [0.2, 0.25) is 0 Å². The molecule has 0 N–H and O–H groups in total. The summed E-state index contributed by atoms with van der Waals surface area (Å²) in [5.74, 6) is 0.924. The first-order valence-electron chi connectivity index (χ1n) is 8.36. The lowest BCUT2D eigenvalue weighted by molar-refractivity contribution is 0.263. The Morgan fingerprint density at radius 3 is 2.64 bits per heavy atom. The van der Waals surface area contributed by atoms with Crippen molar-refractivity contribution in [2.75, 3.05) is 13.1 Å². The van der Waals surface area contributed by atoms with Crippen LogP contribution >= 0.6 is 0 Å². The van der Waals surface area contributed by atoms with E-state index in [1.165, 1.54) is 37.1 Å². The molecule has 0 unspecified atom stereocenters. The van der Waals surface area contributed by atoms with E-state index in [9.17, 15) is 0 Å². The highest BCUT2D eigenvalue weighted by Gasteiger charge is 2.19. The van der Waals surface area contributed by atoms with Gasteiger partial charge in [-0.15, -0.1) is 0 Å². The van der Waals surface area contributed by atoms with Gasteiger partial charge in [-0.25, -0.2) is 9.97 Å². The molecule has 1 aliphatic heterocycles. The summed E-state index contributed by atoms with van der Waals surface area (Å²) in [4.78, 5) is 11.7. The molecule has 1 aliphatic rings. The highest BCUT2D eigenvalue weighted by atomic mass is 15.2. The summed E-state index contributed by atoms with van der Waals surface area (Å²) in [6, 6.07) is 11.4. The molecule has 2 heterocycles. The molecular formula is C19H25N3. The molecule has 0 radical (unpaired) electrons.